The van der Waals surface area contributed by atoms with Gasteiger partial charge in [0.05, 0.1) is 11.3 Å². The van der Waals surface area contributed by atoms with Gasteiger partial charge in [-0.25, -0.2) is 4.98 Å². The van der Waals surface area contributed by atoms with Crippen LogP contribution in [0.15, 0.2) is 46.9 Å². The second-order valence-corrected chi connectivity index (χ2v) is 7.53. The highest BCUT2D eigenvalue weighted by atomic mass is 32.2. The molecule has 8 heteroatoms. The third kappa shape index (κ3) is 4.43. The molecule has 2 aromatic rings. The van der Waals surface area contributed by atoms with Crippen LogP contribution in [0.1, 0.15) is 28.7 Å². The van der Waals surface area contributed by atoms with Gasteiger partial charge >= 0.3 is 6.18 Å². The number of rotatable bonds is 4. The summed E-state index contributed by atoms with van der Waals surface area (Å²) in [4.78, 5) is 5.47. The van der Waals surface area contributed by atoms with Gasteiger partial charge in [-0.3, -0.25) is 0 Å². The Bertz CT molecular complexity index is 828. The van der Waals surface area contributed by atoms with Gasteiger partial charge in [0.15, 0.2) is 0 Å². The quantitative estimate of drug-likeness (QED) is 0.719. The number of halogens is 3. The van der Waals surface area contributed by atoms with E-state index in [1.807, 2.05) is 19.1 Å². The van der Waals surface area contributed by atoms with Crippen molar-refractivity contribution < 1.29 is 18.3 Å². The van der Waals surface area contributed by atoms with Crippen LogP contribution in [0.4, 0.5) is 13.2 Å². The van der Waals surface area contributed by atoms with E-state index in [9.17, 15) is 18.3 Å². The Balaban J connectivity index is 1.61. The summed E-state index contributed by atoms with van der Waals surface area (Å²) in [6, 6.07) is 5.39. The van der Waals surface area contributed by atoms with Gasteiger partial charge in [-0.15, -0.1) is 11.8 Å². The summed E-state index contributed by atoms with van der Waals surface area (Å²) in [5.41, 5.74) is 0.194. The van der Waals surface area contributed by atoms with E-state index in [1.165, 1.54) is 23.7 Å². The molecular formula is C17H15F3N2OS2. The summed E-state index contributed by atoms with van der Waals surface area (Å²) in [5.74, 6) is 1.24. The molecule has 0 bridgehead atoms. The first kappa shape index (κ1) is 18.0. The second kappa shape index (κ2) is 7.21. The number of hydrogen-bond donors (Lipinski definition) is 1. The monoisotopic (exact) mass is 384 g/mol. The highest BCUT2D eigenvalue weighted by Gasteiger charge is 2.33. The third-order valence-corrected chi connectivity index (χ3v) is 5.69. The number of phenolic OH excluding ortho intramolecular Hbond substituents is 1. The first-order chi connectivity index (χ1) is 11.8. The van der Waals surface area contributed by atoms with Gasteiger partial charge in [0.25, 0.3) is 0 Å². The molecule has 1 atom stereocenters. The SMILES string of the molecule is Cc1cc(SCc2nc(C3C=CC(C(F)(F)F)=CC3)ns2)ccc1O. The van der Waals surface area contributed by atoms with Gasteiger partial charge in [-0.2, -0.15) is 17.5 Å². The highest BCUT2D eigenvalue weighted by Crippen LogP contribution is 2.34. The Hall–Kier alpha value is -1.80. The van der Waals surface area contributed by atoms with Crippen LogP contribution in [-0.2, 0) is 5.75 Å². The highest BCUT2D eigenvalue weighted by molar-refractivity contribution is 7.98. The van der Waals surface area contributed by atoms with Crippen LogP contribution in [0.3, 0.4) is 0 Å². The Morgan fingerprint density at radius 2 is 2.16 bits per heavy atom. The van der Waals surface area contributed by atoms with E-state index in [2.05, 4.69) is 9.36 Å². The normalized spacial score (nSPS) is 17.6. The van der Waals surface area contributed by atoms with E-state index >= 15 is 0 Å². The average Bonchev–Trinajstić information content (AvgIpc) is 3.04. The molecule has 1 unspecified atom stereocenters. The summed E-state index contributed by atoms with van der Waals surface area (Å²) >= 11 is 2.85. The number of thioether (sulfide) groups is 1. The minimum atomic E-state index is -4.30. The van der Waals surface area contributed by atoms with Crippen molar-refractivity contribution in [3.05, 3.63) is 58.4 Å². The van der Waals surface area contributed by atoms with E-state index in [4.69, 9.17) is 0 Å². The Morgan fingerprint density at radius 1 is 1.36 bits per heavy atom. The van der Waals surface area contributed by atoms with Crippen LogP contribution < -0.4 is 0 Å². The van der Waals surface area contributed by atoms with Crippen molar-refractivity contribution >= 4 is 23.3 Å². The molecule has 1 N–H and O–H groups in total. The molecule has 0 fully saturated rings. The fraction of sp³-hybridized carbons (Fsp3) is 0.294. The molecule has 0 saturated carbocycles. The lowest BCUT2D eigenvalue weighted by molar-refractivity contribution is -0.0886. The zero-order valence-corrected chi connectivity index (χ0v) is 14.9. The molecule has 132 valence electrons. The summed E-state index contributed by atoms with van der Waals surface area (Å²) in [6.07, 6.45) is -0.236. The molecule has 1 aliphatic carbocycles. The third-order valence-electron chi connectivity index (χ3n) is 3.77. The zero-order chi connectivity index (χ0) is 18.0. The molecule has 1 aromatic carbocycles. The molecule has 1 heterocycles. The molecule has 0 radical (unpaired) electrons. The van der Waals surface area contributed by atoms with Crippen molar-refractivity contribution in [2.24, 2.45) is 0 Å². The van der Waals surface area contributed by atoms with Crippen molar-refractivity contribution in [3.8, 4) is 5.75 Å². The number of benzene rings is 1. The Kier molecular flexibility index (Phi) is 5.19. The van der Waals surface area contributed by atoms with E-state index in [0.717, 1.165) is 21.5 Å². The maximum absolute atomic E-state index is 12.6. The molecule has 3 rings (SSSR count). The van der Waals surface area contributed by atoms with Crippen LogP contribution in [0.25, 0.3) is 0 Å². The van der Waals surface area contributed by atoms with Crippen molar-refractivity contribution in [1.29, 1.82) is 0 Å². The minimum absolute atomic E-state index is 0.211. The molecule has 0 spiro atoms. The average molecular weight is 384 g/mol. The number of aromatic hydroxyl groups is 1. The standard InChI is InChI=1S/C17H15F3N2OS2/c1-10-8-13(6-7-14(10)23)24-9-15-21-16(22-25-15)11-2-4-12(5-3-11)17(18,19)20/h2,4-8,11,23H,3,9H2,1H3. The van der Waals surface area contributed by atoms with Crippen molar-refractivity contribution in [1.82, 2.24) is 9.36 Å². The smallest absolute Gasteiger partial charge is 0.416 e. The van der Waals surface area contributed by atoms with Crippen LogP contribution in [0.2, 0.25) is 0 Å². The predicted molar refractivity (Wildman–Crippen MR) is 92.9 cm³/mol. The maximum atomic E-state index is 12.6. The summed E-state index contributed by atoms with van der Waals surface area (Å²) < 4.78 is 42.2. The van der Waals surface area contributed by atoms with E-state index in [0.29, 0.717) is 11.6 Å². The van der Waals surface area contributed by atoms with Crippen LogP contribution in [-0.4, -0.2) is 20.6 Å². The van der Waals surface area contributed by atoms with Crippen LogP contribution in [0, 0.1) is 6.92 Å². The van der Waals surface area contributed by atoms with Gasteiger partial charge in [-0.05, 0) is 48.6 Å². The van der Waals surface area contributed by atoms with Gasteiger partial charge in [-0.1, -0.05) is 18.2 Å². The number of nitrogens with zero attached hydrogens (tertiary/aromatic N) is 2. The number of alkyl halides is 3. The zero-order valence-electron chi connectivity index (χ0n) is 13.2. The molecule has 0 saturated heterocycles. The second-order valence-electron chi connectivity index (χ2n) is 5.64. The fourth-order valence-corrected chi connectivity index (χ4v) is 4.04. The van der Waals surface area contributed by atoms with Crippen LogP contribution in [0.5, 0.6) is 5.75 Å². The Labute approximate surface area is 151 Å². The fourth-order valence-electron chi connectivity index (χ4n) is 2.36. The lowest BCUT2D eigenvalue weighted by Crippen LogP contribution is -2.13. The minimum Gasteiger partial charge on any atom is -0.508 e. The first-order valence-corrected chi connectivity index (χ1v) is 9.29. The summed E-state index contributed by atoms with van der Waals surface area (Å²) in [5, 5.41) is 10.4. The number of phenols is 1. The summed E-state index contributed by atoms with van der Waals surface area (Å²) in [7, 11) is 0. The van der Waals surface area contributed by atoms with Crippen molar-refractivity contribution in [2.75, 3.05) is 0 Å². The first-order valence-electron chi connectivity index (χ1n) is 7.53. The largest absolute Gasteiger partial charge is 0.508 e. The van der Waals surface area contributed by atoms with Gasteiger partial charge < -0.3 is 5.11 Å². The van der Waals surface area contributed by atoms with Crippen molar-refractivity contribution in [3.63, 3.8) is 0 Å². The number of aromatic nitrogens is 2. The van der Waals surface area contributed by atoms with Gasteiger partial charge in [0.2, 0.25) is 0 Å². The number of hydrogen-bond acceptors (Lipinski definition) is 5. The van der Waals surface area contributed by atoms with Crippen molar-refractivity contribution in [2.45, 2.75) is 36.1 Å². The molecular weight excluding hydrogens is 369 g/mol. The van der Waals surface area contributed by atoms with Crippen LogP contribution >= 0.6 is 23.3 Å². The molecule has 0 amide bonds. The number of aryl methyl sites for hydroxylation is 1. The van der Waals surface area contributed by atoms with Gasteiger partial charge in [0, 0.05) is 10.8 Å². The van der Waals surface area contributed by atoms with Gasteiger partial charge in [0.1, 0.15) is 16.6 Å². The molecule has 0 aliphatic heterocycles. The van der Waals surface area contributed by atoms with E-state index in [1.54, 1.807) is 17.8 Å². The molecule has 3 nitrogen and oxygen atoms in total. The lowest BCUT2D eigenvalue weighted by Gasteiger charge is -2.15. The molecule has 25 heavy (non-hydrogen) atoms. The van der Waals surface area contributed by atoms with E-state index in [-0.39, 0.29) is 18.1 Å². The summed E-state index contributed by atoms with van der Waals surface area (Å²) in [6.45, 7) is 1.83. The maximum Gasteiger partial charge on any atom is 0.416 e. The molecule has 1 aliphatic rings. The number of allylic oxidation sites excluding steroid dienone is 4. The van der Waals surface area contributed by atoms with E-state index < -0.39 is 11.7 Å². The predicted octanol–water partition coefficient (Wildman–Crippen LogP) is 5.38. The lowest BCUT2D eigenvalue weighted by atomic mass is 9.96. The topological polar surface area (TPSA) is 46.0 Å². The Morgan fingerprint density at radius 3 is 2.80 bits per heavy atom. The molecule has 1 aromatic heterocycles.